The Balaban J connectivity index is 2.59. The van der Waals surface area contributed by atoms with Gasteiger partial charge in [0.05, 0.1) is 6.61 Å². The third kappa shape index (κ3) is 3.40. The Labute approximate surface area is 93.5 Å². The van der Waals surface area contributed by atoms with Crippen molar-refractivity contribution in [2.75, 3.05) is 6.61 Å². The molecule has 1 rings (SSSR count). The molecular formula is C11H16BrNO. The molecule has 1 atom stereocenters. The molecule has 0 aliphatic rings. The van der Waals surface area contributed by atoms with Gasteiger partial charge in [0.2, 0.25) is 0 Å². The minimum absolute atomic E-state index is 0.151. The van der Waals surface area contributed by atoms with Crippen LogP contribution in [0, 0.1) is 6.92 Å². The smallest absolute Gasteiger partial charge is 0.0582 e. The van der Waals surface area contributed by atoms with Crippen LogP contribution in [0.1, 0.15) is 18.1 Å². The lowest BCUT2D eigenvalue weighted by molar-refractivity contribution is 0.251. The molecule has 2 nitrogen and oxygen atoms in total. The molecular weight excluding hydrogens is 242 g/mol. The molecule has 0 saturated carbocycles. The minimum Gasteiger partial charge on any atom is -0.395 e. The largest absolute Gasteiger partial charge is 0.395 e. The SMILES string of the molecule is Cc1cc(Br)ccc1CN[C@@H](C)CO. The van der Waals surface area contributed by atoms with Gasteiger partial charge in [-0.3, -0.25) is 0 Å². The van der Waals surface area contributed by atoms with Crippen molar-refractivity contribution in [3.8, 4) is 0 Å². The third-order valence-corrected chi connectivity index (χ3v) is 2.71. The summed E-state index contributed by atoms with van der Waals surface area (Å²) in [5.74, 6) is 0. The van der Waals surface area contributed by atoms with E-state index in [1.54, 1.807) is 0 Å². The van der Waals surface area contributed by atoms with Crippen molar-refractivity contribution in [3.05, 3.63) is 33.8 Å². The summed E-state index contributed by atoms with van der Waals surface area (Å²) in [5.41, 5.74) is 2.53. The predicted octanol–water partition coefficient (Wildman–Crippen LogP) is 2.23. The molecule has 0 bridgehead atoms. The van der Waals surface area contributed by atoms with Crippen molar-refractivity contribution in [1.82, 2.24) is 5.32 Å². The zero-order chi connectivity index (χ0) is 10.6. The summed E-state index contributed by atoms with van der Waals surface area (Å²) >= 11 is 3.43. The van der Waals surface area contributed by atoms with Gasteiger partial charge in [0.1, 0.15) is 0 Å². The highest BCUT2D eigenvalue weighted by Crippen LogP contribution is 2.15. The molecule has 0 aliphatic heterocycles. The van der Waals surface area contributed by atoms with Crippen molar-refractivity contribution < 1.29 is 5.11 Å². The van der Waals surface area contributed by atoms with Crippen LogP contribution >= 0.6 is 15.9 Å². The maximum Gasteiger partial charge on any atom is 0.0582 e. The molecule has 3 heteroatoms. The number of aryl methyl sites for hydroxylation is 1. The lowest BCUT2D eigenvalue weighted by Crippen LogP contribution is -2.28. The number of aliphatic hydroxyl groups is 1. The first-order valence-electron chi connectivity index (χ1n) is 4.72. The summed E-state index contributed by atoms with van der Waals surface area (Å²) in [6, 6.07) is 6.38. The second kappa shape index (κ2) is 5.49. The van der Waals surface area contributed by atoms with E-state index in [9.17, 15) is 0 Å². The van der Waals surface area contributed by atoms with Crippen molar-refractivity contribution in [3.63, 3.8) is 0 Å². The molecule has 0 fully saturated rings. The molecule has 0 spiro atoms. The fourth-order valence-electron chi connectivity index (χ4n) is 1.21. The van der Waals surface area contributed by atoms with Gasteiger partial charge in [-0.2, -0.15) is 0 Å². The summed E-state index contributed by atoms with van der Waals surface area (Å²) in [4.78, 5) is 0. The minimum atomic E-state index is 0.151. The molecule has 0 saturated heterocycles. The van der Waals surface area contributed by atoms with Gasteiger partial charge in [-0.15, -0.1) is 0 Å². The highest BCUT2D eigenvalue weighted by Gasteiger charge is 2.01. The van der Waals surface area contributed by atoms with E-state index in [0.29, 0.717) is 0 Å². The molecule has 1 aromatic rings. The topological polar surface area (TPSA) is 32.3 Å². The number of rotatable bonds is 4. The van der Waals surface area contributed by atoms with E-state index in [0.717, 1.165) is 11.0 Å². The van der Waals surface area contributed by atoms with Crippen LogP contribution in [0.2, 0.25) is 0 Å². The highest BCUT2D eigenvalue weighted by molar-refractivity contribution is 9.10. The molecule has 0 radical (unpaired) electrons. The molecule has 2 N–H and O–H groups in total. The Morgan fingerprint density at radius 1 is 1.50 bits per heavy atom. The van der Waals surface area contributed by atoms with E-state index in [-0.39, 0.29) is 12.6 Å². The monoisotopic (exact) mass is 257 g/mol. The first kappa shape index (κ1) is 11.7. The number of hydrogen-bond acceptors (Lipinski definition) is 2. The molecule has 0 aliphatic carbocycles. The van der Waals surface area contributed by atoms with Gasteiger partial charge in [-0.05, 0) is 37.1 Å². The summed E-state index contributed by atoms with van der Waals surface area (Å²) in [7, 11) is 0. The summed E-state index contributed by atoms with van der Waals surface area (Å²) in [6.07, 6.45) is 0. The Morgan fingerprint density at radius 3 is 2.79 bits per heavy atom. The van der Waals surface area contributed by atoms with Gasteiger partial charge in [-0.25, -0.2) is 0 Å². The number of hydrogen-bond donors (Lipinski definition) is 2. The zero-order valence-corrected chi connectivity index (χ0v) is 10.1. The van der Waals surface area contributed by atoms with Crippen LogP contribution in [-0.4, -0.2) is 17.8 Å². The van der Waals surface area contributed by atoms with Crippen molar-refractivity contribution in [2.45, 2.75) is 26.4 Å². The van der Waals surface area contributed by atoms with Crippen LogP contribution in [0.3, 0.4) is 0 Å². The summed E-state index contributed by atoms with van der Waals surface area (Å²) < 4.78 is 1.11. The van der Waals surface area contributed by atoms with Crippen LogP contribution < -0.4 is 5.32 Å². The molecule has 0 unspecified atom stereocenters. The van der Waals surface area contributed by atoms with Crippen LogP contribution in [-0.2, 0) is 6.54 Å². The molecule has 14 heavy (non-hydrogen) atoms. The lowest BCUT2D eigenvalue weighted by Gasteiger charge is -2.12. The number of benzene rings is 1. The first-order valence-corrected chi connectivity index (χ1v) is 5.52. The second-order valence-corrected chi connectivity index (χ2v) is 4.45. The van der Waals surface area contributed by atoms with Gasteiger partial charge in [0.25, 0.3) is 0 Å². The zero-order valence-electron chi connectivity index (χ0n) is 8.55. The quantitative estimate of drug-likeness (QED) is 0.868. The van der Waals surface area contributed by atoms with Crippen LogP contribution in [0.25, 0.3) is 0 Å². The molecule has 1 aromatic carbocycles. The standard InChI is InChI=1S/C11H16BrNO/c1-8-5-11(12)4-3-10(8)6-13-9(2)7-14/h3-5,9,13-14H,6-7H2,1-2H3/t9-/m0/s1. The van der Waals surface area contributed by atoms with Gasteiger partial charge in [-0.1, -0.05) is 22.0 Å². The molecule has 0 aromatic heterocycles. The van der Waals surface area contributed by atoms with E-state index in [1.165, 1.54) is 11.1 Å². The Bertz CT molecular complexity index is 301. The van der Waals surface area contributed by atoms with Crippen molar-refractivity contribution in [2.24, 2.45) is 0 Å². The van der Waals surface area contributed by atoms with E-state index in [1.807, 2.05) is 13.0 Å². The van der Waals surface area contributed by atoms with Gasteiger partial charge in [0, 0.05) is 17.1 Å². The van der Waals surface area contributed by atoms with E-state index in [2.05, 4.69) is 40.3 Å². The third-order valence-electron chi connectivity index (χ3n) is 2.22. The molecule has 78 valence electrons. The lowest BCUT2D eigenvalue weighted by atomic mass is 10.1. The Hall–Kier alpha value is -0.380. The fraction of sp³-hybridized carbons (Fsp3) is 0.455. The fourth-order valence-corrected chi connectivity index (χ4v) is 1.68. The van der Waals surface area contributed by atoms with Gasteiger partial charge in [0.15, 0.2) is 0 Å². The van der Waals surface area contributed by atoms with Crippen LogP contribution in [0.4, 0.5) is 0 Å². The van der Waals surface area contributed by atoms with Crippen molar-refractivity contribution in [1.29, 1.82) is 0 Å². The Morgan fingerprint density at radius 2 is 2.21 bits per heavy atom. The summed E-state index contributed by atoms with van der Waals surface area (Å²) in [5, 5.41) is 12.1. The first-order chi connectivity index (χ1) is 6.63. The number of aliphatic hydroxyl groups excluding tert-OH is 1. The Kier molecular flexibility index (Phi) is 4.58. The molecule has 0 heterocycles. The van der Waals surface area contributed by atoms with Crippen LogP contribution in [0.5, 0.6) is 0 Å². The number of nitrogens with one attached hydrogen (secondary N) is 1. The summed E-state index contributed by atoms with van der Waals surface area (Å²) in [6.45, 7) is 5.04. The van der Waals surface area contributed by atoms with E-state index in [4.69, 9.17) is 5.11 Å². The highest BCUT2D eigenvalue weighted by atomic mass is 79.9. The predicted molar refractivity (Wildman–Crippen MR) is 62.3 cm³/mol. The average Bonchev–Trinajstić information content (AvgIpc) is 2.16. The van der Waals surface area contributed by atoms with E-state index >= 15 is 0 Å². The van der Waals surface area contributed by atoms with Crippen molar-refractivity contribution >= 4 is 15.9 Å². The van der Waals surface area contributed by atoms with Crippen LogP contribution in [0.15, 0.2) is 22.7 Å². The number of halogens is 1. The van der Waals surface area contributed by atoms with E-state index < -0.39 is 0 Å². The second-order valence-electron chi connectivity index (χ2n) is 3.54. The van der Waals surface area contributed by atoms with Gasteiger partial charge < -0.3 is 10.4 Å². The average molecular weight is 258 g/mol. The maximum atomic E-state index is 8.86. The van der Waals surface area contributed by atoms with Gasteiger partial charge >= 0.3 is 0 Å². The normalized spacial score (nSPS) is 12.9. The maximum absolute atomic E-state index is 8.86. The molecule has 0 amide bonds.